The Kier molecular flexibility index (Phi) is 6.30. The molecule has 1 aliphatic rings. The molecule has 0 radical (unpaired) electrons. The second-order valence-electron chi connectivity index (χ2n) is 6.26. The number of amides is 2. The summed E-state index contributed by atoms with van der Waals surface area (Å²) in [6, 6.07) is 10.8. The van der Waals surface area contributed by atoms with Crippen LogP contribution in [0.15, 0.2) is 42.6 Å². The Labute approximate surface area is 153 Å². The smallest absolute Gasteiger partial charge is 0.319 e. The number of hydrogen-bond donors (Lipinski definition) is 2. The van der Waals surface area contributed by atoms with Crippen molar-refractivity contribution in [2.45, 2.75) is 45.3 Å². The molecule has 0 bridgehead atoms. The quantitative estimate of drug-likeness (QED) is 0.783. The van der Waals surface area contributed by atoms with Gasteiger partial charge in [0.05, 0.1) is 6.61 Å². The Morgan fingerprint density at radius 3 is 2.88 bits per heavy atom. The molecule has 3 rings (SSSR count). The zero-order chi connectivity index (χ0) is 18.2. The highest BCUT2D eigenvalue weighted by Crippen LogP contribution is 2.25. The Hall–Kier alpha value is -2.76. The lowest BCUT2D eigenvalue weighted by Crippen LogP contribution is -2.28. The number of pyridine rings is 1. The van der Waals surface area contributed by atoms with Crippen molar-refractivity contribution in [3.8, 4) is 11.6 Å². The van der Waals surface area contributed by atoms with Gasteiger partial charge in [-0.05, 0) is 50.8 Å². The molecule has 0 aliphatic heterocycles. The monoisotopic (exact) mass is 355 g/mol. The van der Waals surface area contributed by atoms with E-state index in [0.717, 1.165) is 24.2 Å². The number of urea groups is 1. The minimum atomic E-state index is -0.283. The van der Waals surface area contributed by atoms with E-state index in [9.17, 15) is 4.79 Å². The number of aromatic nitrogens is 1. The zero-order valence-corrected chi connectivity index (χ0v) is 15.0. The number of nitrogens with one attached hydrogen (secondary N) is 2. The van der Waals surface area contributed by atoms with Crippen molar-refractivity contribution >= 4 is 11.7 Å². The van der Waals surface area contributed by atoms with E-state index in [-0.39, 0.29) is 12.1 Å². The normalized spacial score (nSPS) is 14.0. The molecule has 1 aromatic heterocycles. The molecule has 138 valence electrons. The molecule has 6 heteroatoms. The summed E-state index contributed by atoms with van der Waals surface area (Å²) in [6.07, 6.45) is 6.49. The third kappa shape index (κ3) is 5.12. The van der Waals surface area contributed by atoms with Crippen LogP contribution in [-0.4, -0.2) is 23.7 Å². The number of anilines is 1. The van der Waals surface area contributed by atoms with Gasteiger partial charge in [0.1, 0.15) is 11.9 Å². The van der Waals surface area contributed by atoms with E-state index in [2.05, 4.69) is 15.6 Å². The van der Waals surface area contributed by atoms with Crippen LogP contribution in [0.5, 0.6) is 11.6 Å². The second kappa shape index (κ2) is 9.08. The van der Waals surface area contributed by atoms with Gasteiger partial charge in [-0.1, -0.05) is 12.1 Å². The lowest BCUT2D eigenvalue weighted by atomic mass is 10.2. The van der Waals surface area contributed by atoms with Gasteiger partial charge in [0.25, 0.3) is 0 Å². The number of benzene rings is 1. The van der Waals surface area contributed by atoms with E-state index in [4.69, 9.17) is 9.47 Å². The van der Waals surface area contributed by atoms with Gasteiger partial charge < -0.3 is 20.1 Å². The van der Waals surface area contributed by atoms with Crippen molar-refractivity contribution in [1.82, 2.24) is 10.3 Å². The first-order chi connectivity index (χ1) is 12.7. The maximum absolute atomic E-state index is 12.2. The highest BCUT2D eigenvalue weighted by Gasteiger charge is 2.18. The summed E-state index contributed by atoms with van der Waals surface area (Å²) in [5, 5.41) is 5.67. The summed E-state index contributed by atoms with van der Waals surface area (Å²) in [7, 11) is 0. The zero-order valence-electron chi connectivity index (χ0n) is 15.0. The fourth-order valence-electron chi connectivity index (χ4n) is 3.01. The van der Waals surface area contributed by atoms with Crippen LogP contribution in [0, 0.1) is 0 Å². The van der Waals surface area contributed by atoms with Gasteiger partial charge in [0.15, 0.2) is 0 Å². The summed E-state index contributed by atoms with van der Waals surface area (Å²) < 4.78 is 11.4. The molecule has 1 aromatic carbocycles. The number of hydrogen-bond acceptors (Lipinski definition) is 4. The molecule has 1 heterocycles. The summed E-state index contributed by atoms with van der Waals surface area (Å²) in [4.78, 5) is 16.5. The van der Waals surface area contributed by atoms with Crippen LogP contribution in [0.25, 0.3) is 0 Å². The Balaban J connectivity index is 1.55. The average molecular weight is 355 g/mol. The van der Waals surface area contributed by atoms with Crippen LogP contribution in [0.4, 0.5) is 10.5 Å². The highest BCUT2D eigenvalue weighted by molar-refractivity contribution is 5.89. The average Bonchev–Trinajstić information content (AvgIpc) is 3.15. The number of nitrogens with zero attached hydrogens (tertiary/aromatic N) is 1. The van der Waals surface area contributed by atoms with Crippen LogP contribution in [0.3, 0.4) is 0 Å². The molecule has 26 heavy (non-hydrogen) atoms. The van der Waals surface area contributed by atoms with Crippen molar-refractivity contribution in [2.24, 2.45) is 0 Å². The van der Waals surface area contributed by atoms with E-state index in [1.807, 2.05) is 37.3 Å². The topological polar surface area (TPSA) is 72.5 Å². The van der Waals surface area contributed by atoms with Crippen LogP contribution < -0.4 is 20.1 Å². The molecule has 0 atom stereocenters. The third-order valence-electron chi connectivity index (χ3n) is 4.27. The van der Waals surface area contributed by atoms with Gasteiger partial charge in [0, 0.05) is 30.1 Å². The second-order valence-corrected chi connectivity index (χ2v) is 6.26. The number of carbonyl (C=O) groups is 1. The molecule has 0 unspecified atom stereocenters. The molecule has 2 amide bonds. The first-order valence-corrected chi connectivity index (χ1v) is 9.13. The minimum Gasteiger partial charge on any atom is -0.494 e. The van der Waals surface area contributed by atoms with Crippen molar-refractivity contribution in [1.29, 1.82) is 0 Å². The van der Waals surface area contributed by atoms with Crippen molar-refractivity contribution in [2.75, 3.05) is 11.9 Å². The summed E-state index contributed by atoms with van der Waals surface area (Å²) in [6.45, 7) is 2.86. The molecule has 1 saturated carbocycles. The molecular weight excluding hydrogens is 330 g/mol. The molecule has 1 aliphatic carbocycles. The van der Waals surface area contributed by atoms with Gasteiger partial charge in [-0.15, -0.1) is 0 Å². The first-order valence-electron chi connectivity index (χ1n) is 9.13. The Morgan fingerprint density at radius 2 is 2.08 bits per heavy atom. The largest absolute Gasteiger partial charge is 0.494 e. The minimum absolute atomic E-state index is 0.235. The Bertz CT molecular complexity index is 730. The maximum Gasteiger partial charge on any atom is 0.319 e. The van der Waals surface area contributed by atoms with E-state index in [0.29, 0.717) is 24.7 Å². The third-order valence-corrected chi connectivity index (χ3v) is 4.27. The summed E-state index contributed by atoms with van der Waals surface area (Å²) >= 11 is 0. The SMILES string of the molecule is CCOc1cccc(NC(=O)NCc2cccnc2OC2CCCC2)c1. The molecule has 0 spiro atoms. The maximum atomic E-state index is 12.2. The van der Waals surface area contributed by atoms with E-state index < -0.39 is 0 Å². The lowest BCUT2D eigenvalue weighted by molar-refractivity contribution is 0.199. The van der Waals surface area contributed by atoms with Gasteiger partial charge in [0.2, 0.25) is 5.88 Å². The van der Waals surface area contributed by atoms with E-state index in [1.165, 1.54) is 12.8 Å². The highest BCUT2D eigenvalue weighted by atomic mass is 16.5. The van der Waals surface area contributed by atoms with Crippen LogP contribution in [0.2, 0.25) is 0 Å². The number of ether oxygens (including phenoxy) is 2. The molecule has 2 aromatic rings. The molecule has 0 saturated heterocycles. The predicted octanol–water partition coefficient (Wildman–Crippen LogP) is 4.12. The standard InChI is InChI=1S/C20H25N3O3/c1-2-25-18-11-5-8-16(13-18)23-20(24)22-14-15-7-6-12-21-19(15)26-17-9-3-4-10-17/h5-8,11-13,17H,2-4,9-10,14H2,1H3,(H2,22,23,24). The van der Waals surface area contributed by atoms with Gasteiger partial charge in [-0.3, -0.25) is 0 Å². The predicted molar refractivity (Wildman–Crippen MR) is 101 cm³/mol. The molecule has 2 N–H and O–H groups in total. The lowest BCUT2D eigenvalue weighted by Gasteiger charge is -2.15. The van der Waals surface area contributed by atoms with Crippen LogP contribution >= 0.6 is 0 Å². The van der Waals surface area contributed by atoms with Gasteiger partial charge >= 0.3 is 6.03 Å². The van der Waals surface area contributed by atoms with Gasteiger partial charge in [-0.2, -0.15) is 0 Å². The van der Waals surface area contributed by atoms with E-state index in [1.54, 1.807) is 12.3 Å². The van der Waals surface area contributed by atoms with Crippen LogP contribution in [-0.2, 0) is 6.54 Å². The number of carbonyl (C=O) groups excluding carboxylic acids is 1. The number of rotatable bonds is 7. The van der Waals surface area contributed by atoms with Crippen LogP contribution in [0.1, 0.15) is 38.2 Å². The fourth-order valence-corrected chi connectivity index (χ4v) is 3.01. The van der Waals surface area contributed by atoms with Crippen molar-refractivity contribution in [3.05, 3.63) is 48.2 Å². The first kappa shape index (κ1) is 18.0. The summed E-state index contributed by atoms with van der Waals surface area (Å²) in [5.41, 5.74) is 1.56. The fraction of sp³-hybridized carbons (Fsp3) is 0.400. The molecule has 1 fully saturated rings. The van der Waals surface area contributed by atoms with E-state index >= 15 is 0 Å². The van der Waals surface area contributed by atoms with Crippen molar-refractivity contribution in [3.63, 3.8) is 0 Å². The molecule has 6 nitrogen and oxygen atoms in total. The Morgan fingerprint density at radius 1 is 1.23 bits per heavy atom. The molecular formula is C20H25N3O3. The van der Waals surface area contributed by atoms with Gasteiger partial charge in [-0.25, -0.2) is 9.78 Å². The van der Waals surface area contributed by atoms with Crippen molar-refractivity contribution < 1.29 is 14.3 Å². The summed E-state index contributed by atoms with van der Waals surface area (Å²) in [5.74, 6) is 1.34.